The van der Waals surface area contributed by atoms with E-state index >= 15 is 0 Å². The number of para-hydroxylation sites is 1. The fourth-order valence-electron chi connectivity index (χ4n) is 2.89. The summed E-state index contributed by atoms with van der Waals surface area (Å²) in [5.74, 6) is -1.00. The maximum absolute atomic E-state index is 13.3. The number of likely N-dealkylation sites (N-methyl/N-ethyl adjacent to an activating group) is 1. The van der Waals surface area contributed by atoms with Crippen LogP contribution in [0.1, 0.15) is 12.5 Å². The van der Waals surface area contributed by atoms with Gasteiger partial charge in [0.2, 0.25) is 21.8 Å². The maximum Gasteiger partial charge on any atom is 0.244 e. The van der Waals surface area contributed by atoms with Gasteiger partial charge in [-0.25, -0.2) is 8.42 Å². The van der Waals surface area contributed by atoms with Crippen molar-refractivity contribution < 1.29 is 18.0 Å². The predicted octanol–water partition coefficient (Wildman–Crippen LogP) is 3.69. The molecule has 0 aliphatic heterocycles. The average molecular weight is 551 g/mol. The van der Waals surface area contributed by atoms with Gasteiger partial charge < -0.3 is 10.2 Å². The summed E-state index contributed by atoms with van der Waals surface area (Å²) < 4.78 is 26.5. The second-order valence-electron chi connectivity index (χ2n) is 6.73. The van der Waals surface area contributed by atoms with Crippen LogP contribution in [0, 0.1) is 0 Å². The Balaban J connectivity index is 2.46. The van der Waals surface area contributed by atoms with E-state index in [-0.39, 0.29) is 6.54 Å². The Hall–Kier alpha value is -1.81. The first kappa shape index (κ1) is 25.5. The number of anilines is 1. The Labute approximate surface area is 200 Å². The number of hydrogen-bond donors (Lipinski definition) is 1. The molecule has 0 fully saturated rings. The van der Waals surface area contributed by atoms with Crippen molar-refractivity contribution in [2.75, 3.05) is 24.2 Å². The van der Waals surface area contributed by atoms with Crippen LogP contribution < -0.4 is 9.62 Å². The Kier molecular flexibility index (Phi) is 8.76. The summed E-state index contributed by atoms with van der Waals surface area (Å²) in [6, 6.07) is 10.7. The lowest BCUT2D eigenvalue weighted by molar-refractivity contribution is -0.139. The number of carbonyl (C=O) groups is 2. The van der Waals surface area contributed by atoms with Crippen LogP contribution in [0.2, 0.25) is 10.0 Å². The van der Waals surface area contributed by atoms with Crippen LogP contribution in [-0.4, -0.2) is 51.0 Å². The molecule has 2 aromatic rings. The molecule has 7 nitrogen and oxygen atoms in total. The molecule has 1 atom stereocenters. The zero-order valence-corrected chi connectivity index (χ0v) is 21.0. The van der Waals surface area contributed by atoms with Crippen LogP contribution in [0.3, 0.4) is 0 Å². The van der Waals surface area contributed by atoms with Crippen LogP contribution in [0.15, 0.2) is 46.9 Å². The summed E-state index contributed by atoms with van der Waals surface area (Å²) in [6.45, 7) is 0.967. The minimum Gasteiger partial charge on any atom is -0.357 e. The van der Waals surface area contributed by atoms with Gasteiger partial charge in [-0.05, 0) is 47.1 Å². The molecule has 0 spiro atoms. The molecule has 2 amide bonds. The van der Waals surface area contributed by atoms with Crippen molar-refractivity contribution in [1.82, 2.24) is 10.2 Å². The highest BCUT2D eigenvalue weighted by Crippen LogP contribution is 2.29. The topological polar surface area (TPSA) is 86.8 Å². The van der Waals surface area contributed by atoms with Crippen molar-refractivity contribution in [3.8, 4) is 0 Å². The minimum atomic E-state index is -3.81. The average Bonchev–Trinajstić information content (AvgIpc) is 2.70. The smallest absolute Gasteiger partial charge is 0.244 e. The zero-order chi connectivity index (χ0) is 23.3. The first-order chi connectivity index (χ1) is 14.5. The fraction of sp³-hybridized carbons (Fsp3) is 0.300. The molecular weight excluding hydrogens is 529 g/mol. The quantitative estimate of drug-likeness (QED) is 0.543. The van der Waals surface area contributed by atoms with E-state index in [2.05, 4.69) is 21.2 Å². The lowest BCUT2D eigenvalue weighted by Crippen LogP contribution is -2.50. The minimum absolute atomic E-state index is 0.0700. The molecule has 0 aromatic heterocycles. The number of nitrogens with one attached hydrogen (secondary N) is 1. The predicted molar refractivity (Wildman–Crippen MR) is 127 cm³/mol. The Morgan fingerprint density at radius 1 is 1.10 bits per heavy atom. The summed E-state index contributed by atoms with van der Waals surface area (Å²) in [5, 5.41) is 3.17. The molecule has 1 N–H and O–H groups in total. The highest BCUT2D eigenvalue weighted by Gasteiger charge is 2.31. The van der Waals surface area contributed by atoms with Gasteiger partial charge in [-0.15, -0.1) is 0 Å². The van der Waals surface area contributed by atoms with E-state index in [4.69, 9.17) is 23.2 Å². The van der Waals surface area contributed by atoms with E-state index < -0.39 is 34.4 Å². The van der Waals surface area contributed by atoms with Gasteiger partial charge in [0.05, 0.1) is 11.9 Å². The van der Waals surface area contributed by atoms with Crippen molar-refractivity contribution in [3.05, 3.63) is 62.5 Å². The van der Waals surface area contributed by atoms with Crippen LogP contribution in [0.5, 0.6) is 0 Å². The second-order valence-corrected chi connectivity index (χ2v) is 10.3. The standard InChI is InChI=1S/C20H22BrCl2N3O4S/c1-13(20(28)24-2)25(11-14-16(22)8-6-9-17(14)23)19(27)12-26(31(3,29)30)18-10-5-4-7-15(18)21/h4-10,13H,11-12H2,1-3H3,(H,24,28)/t13-/m0/s1. The Morgan fingerprint density at radius 2 is 1.68 bits per heavy atom. The highest BCUT2D eigenvalue weighted by atomic mass is 79.9. The van der Waals surface area contributed by atoms with Crippen LogP contribution in [0.4, 0.5) is 5.69 Å². The lowest BCUT2D eigenvalue weighted by Gasteiger charge is -2.31. The van der Waals surface area contributed by atoms with Crippen LogP contribution >= 0.6 is 39.1 Å². The molecule has 11 heteroatoms. The molecule has 2 aromatic carbocycles. The van der Waals surface area contributed by atoms with Gasteiger partial charge in [-0.3, -0.25) is 13.9 Å². The first-order valence-corrected chi connectivity index (χ1v) is 12.5. The van der Waals surface area contributed by atoms with Crippen molar-refractivity contribution in [1.29, 1.82) is 0 Å². The molecule has 0 saturated heterocycles. The Bertz CT molecular complexity index is 1060. The monoisotopic (exact) mass is 549 g/mol. The van der Waals surface area contributed by atoms with Crippen molar-refractivity contribution in [2.45, 2.75) is 19.5 Å². The van der Waals surface area contributed by atoms with Crippen LogP contribution in [0.25, 0.3) is 0 Å². The Morgan fingerprint density at radius 3 is 2.19 bits per heavy atom. The molecule has 0 heterocycles. The van der Waals surface area contributed by atoms with E-state index in [1.807, 2.05) is 0 Å². The van der Waals surface area contributed by atoms with Gasteiger partial charge in [-0.1, -0.05) is 41.4 Å². The van der Waals surface area contributed by atoms with Gasteiger partial charge in [0.15, 0.2) is 0 Å². The number of nitrogens with zero attached hydrogens (tertiary/aromatic N) is 2. The number of sulfonamides is 1. The van der Waals surface area contributed by atoms with Crippen molar-refractivity contribution in [2.24, 2.45) is 0 Å². The molecule has 168 valence electrons. The van der Waals surface area contributed by atoms with Gasteiger partial charge in [-0.2, -0.15) is 0 Å². The molecule has 0 aliphatic carbocycles. The molecule has 2 rings (SSSR count). The van der Waals surface area contributed by atoms with Gasteiger partial charge in [0, 0.05) is 33.7 Å². The van der Waals surface area contributed by atoms with Gasteiger partial charge >= 0.3 is 0 Å². The third-order valence-corrected chi connectivity index (χ3v) is 7.11. The van der Waals surface area contributed by atoms with Gasteiger partial charge in [0.1, 0.15) is 12.6 Å². The van der Waals surface area contributed by atoms with E-state index in [9.17, 15) is 18.0 Å². The second kappa shape index (κ2) is 10.7. The molecular formula is C20H22BrCl2N3O4S. The highest BCUT2D eigenvalue weighted by molar-refractivity contribution is 9.10. The van der Waals surface area contributed by atoms with Crippen molar-refractivity contribution in [3.63, 3.8) is 0 Å². The number of rotatable bonds is 8. The summed E-state index contributed by atoms with van der Waals surface area (Å²) in [5.41, 5.74) is 0.767. The molecule has 0 saturated carbocycles. The van der Waals surface area contributed by atoms with E-state index in [0.717, 1.165) is 10.6 Å². The van der Waals surface area contributed by atoms with Gasteiger partial charge in [0.25, 0.3) is 0 Å². The van der Waals surface area contributed by atoms with Crippen LogP contribution in [-0.2, 0) is 26.2 Å². The molecule has 0 aliphatic rings. The number of amides is 2. The molecule has 0 bridgehead atoms. The third-order valence-electron chi connectivity index (χ3n) is 4.60. The third kappa shape index (κ3) is 6.35. The molecule has 31 heavy (non-hydrogen) atoms. The summed E-state index contributed by atoms with van der Waals surface area (Å²) in [6.07, 6.45) is 1.01. The maximum atomic E-state index is 13.3. The number of halogens is 3. The van der Waals surface area contributed by atoms with E-state index in [0.29, 0.717) is 25.8 Å². The first-order valence-electron chi connectivity index (χ1n) is 9.13. The van der Waals surface area contributed by atoms with E-state index in [1.165, 1.54) is 11.9 Å². The van der Waals surface area contributed by atoms with E-state index in [1.54, 1.807) is 49.4 Å². The number of hydrogen-bond acceptors (Lipinski definition) is 4. The SMILES string of the molecule is CNC(=O)[C@H](C)N(Cc1c(Cl)cccc1Cl)C(=O)CN(c1ccccc1Br)S(C)(=O)=O. The normalized spacial score (nSPS) is 12.2. The summed E-state index contributed by atoms with van der Waals surface area (Å²) in [4.78, 5) is 26.9. The zero-order valence-electron chi connectivity index (χ0n) is 17.1. The largest absolute Gasteiger partial charge is 0.357 e. The molecule has 0 unspecified atom stereocenters. The number of benzene rings is 2. The number of carbonyl (C=O) groups excluding carboxylic acids is 2. The summed E-state index contributed by atoms with van der Waals surface area (Å²) >= 11 is 15.8. The summed E-state index contributed by atoms with van der Waals surface area (Å²) in [7, 11) is -2.35. The van der Waals surface area contributed by atoms with Crippen molar-refractivity contribution >= 4 is 66.7 Å². The lowest BCUT2D eigenvalue weighted by atomic mass is 10.1. The fourth-order valence-corrected chi connectivity index (χ4v) is 4.89. The molecule has 0 radical (unpaired) electrons.